The van der Waals surface area contributed by atoms with Crippen molar-refractivity contribution >= 4 is 23.6 Å². The normalized spacial score (nSPS) is 16.8. The Labute approximate surface area is 220 Å². The number of imide groups is 1. The van der Waals surface area contributed by atoms with Crippen LogP contribution >= 0.6 is 0 Å². The molecule has 0 aliphatic carbocycles. The van der Waals surface area contributed by atoms with Gasteiger partial charge in [0.05, 0.1) is 30.0 Å². The second kappa shape index (κ2) is 12.9. The largest absolute Gasteiger partial charge is 0.453 e. The zero-order chi connectivity index (χ0) is 27.9. The van der Waals surface area contributed by atoms with Gasteiger partial charge in [-0.1, -0.05) is 25.7 Å². The number of rotatable bonds is 10. The van der Waals surface area contributed by atoms with Gasteiger partial charge in [0.1, 0.15) is 0 Å². The highest BCUT2D eigenvalue weighted by molar-refractivity contribution is 6.32. The van der Waals surface area contributed by atoms with Crippen molar-refractivity contribution in [2.45, 2.75) is 58.0 Å². The number of halogens is 3. The summed E-state index contributed by atoms with van der Waals surface area (Å²) in [4.78, 5) is 42.0. The number of benzene rings is 1. The van der Waals surface area contributed by atoms with Gasteiger partial charge in [0.15, 0.2) is 0 Å². The number of unbranched alkanes of at least 4 members (excludes halogenated alkanes) is 5. The maximum Gasteiger partial charge on any atom is 0.417 e. The van der Waals surface area contributed by atoms with Gasteiger partial charge in [-0.25, -0.2) is 9.69 Å². The molecule has 1 aromatic carbocycles. The Morgan fingerprint density at radius 3 is 2.24 bits per heavy atom. The van der Waals surface area contributed by atoms with Gasteiger partial charge in [-0.15, -0.1) is 0 Å². The first kappa shape index (κ1) is 29.2. The van der Waals surface area contributed by atoms with E-state index in [0.29, 0.717) is 37.6 Å². The molecule has 1 fully saturated rings. The van der Waals surface area contributed by atoms with Crippen LogP contribution in [-0.4, -0.2) is 67.5 Å². The number of nitriles is 1. The minimum absolute atomic E-state index is 0.188. The smallest absolute Gasteiger partial charge is 0.417 e. The molecule has 11 heteroatoms. The molecule has 0 unspecified atom stereocenters. The zero-order valence-electron chi connectivity index (χ0n) is 21.8. The second-order valence-corrected chi connectivity index (χ2v) is 9.56. The lowest BCUT2D eigenvalue weighted by Gasteiger charge is -2.33. The van der Waals surface area contributed by atoms with E-state index in [-0.39, 0.29) is 17.4 Å². The summed E-state index contributed by atoms with van der Waals surface area (Å²) >= 11 is 0. The predicted octanol–water partition coefficient (Wildman–Crippen LogP) is 4.88. The quantitative estimate of drug-likeness (QED) is 0.314. The first-order chi connectivity index (χ1) is 18.1. The third kappa shape index (κ3) is 6.92. The fourth-order valence-electron chi connectivity index (χ4n) is 4.84. The first-order valence-electron chi connectivity index (χ1n) is 12.8. The molecule has 0 aromatic heterocycles. The van der Waals surface area contributed by atoms with Crippen molar-refractivity contribution in [1.82, 2.24) is 9.80 Å². The van der Waals surface area contributed by atoms with Crippen molar-refractivity contribution in [1.29, 1.82) is 5.26 Å². The van der Waals surface area contributed by atoms with Crippen molar-refractivity contribution < 1.29 is 32.3 Å². The highest BCUT2D eigenvalue weighted by atomic mass is 19.4. The van der Waals surface area contributed by atoms with Crippen molar-refractivity contribution in [2.24, 2.45) is 0 Å². The first-order valence-corrected chi connectivity index (χ1v) is 12.8. The second-order valence-electron chi connectivity index (χ2n) is 9.56. The molecule has 2 heterocycles. The van der Waals surface area contributed by atoms with E-state index < -0.39 is 29.1 Å². The molecule has 2 aliphatic heterocycles. The van der Waals surface area contributed by atoms with Gasteiger partial charge in [0, 0.05) is 37.3 Å². The Morgan fingerprint density at radius 2 is 1.63 bits per heavy atom. The summed E-state index contributed by atoms with van der Waals surface area (Å²) < 4.78 is 44.8. The van der Waals surface area contributed by atoms with Crippen LogP contribution in [0.5, 0.6) is 0 Å². The molecule has 8 nitrogen and oxygen atoms in total. The van der Waals surface area contributed by atoms with E-state index in [1.807, 2.05) is 0 Å². The molecule has 0 saturated carbocycles. The number of nitrogens with zero attached hydrogens (tertiary/aromatic N) is 4. The van der Waals surface area contributed by atoms with Gasteiger partial charge in [-0.2, -0.15) is 18.4 Å². The van der Waals surface area contributed by atoms with Crippen LogP contribution in [0.3, 0.4) is 0 Å². The molecular formula is C27H33F3N4O4. The average molecular weight is 535 g/mol. The Kier molecular flexibility index (Phi) is 9.91. The van der Waals surface area contributed by atoms with Gasteiger partial charge in [0.2, 0.25) is 0 Å². The fourth-order valence-corrected chi connectivity index (χ4v) is 4.84. The number of carbonyl (C=O) groups excluding carboxylic acids is 3. The summed E-state index contributed by atoms with van der Waals surface area (Å²) in [6.07, 6.45) is 1.08. The summed E-state index contributed by atoms with van der Waals surface area (Å²) in [5, 5.41) is 8.98. The molecule has 1 aromatic rings. The molecule has 3 amide bonds. The van der Waals surface area contributed by atoms with Crippen molar-refractivity contribution in [3.05, 3.63) is 40.5 Å². The van der Waals surface area contributed by atoms with Crippen LogP contribution in [0.1, 0.15) is 63.0 Å². The van der Waals surface area contributed by atoms with E-state index in [1.54, 1.807) is 4.90 Å². The number of methoxy groups -OCH3 is 1. The molecule has 0 spiro atoms. The molecular weight excluding hydrogens is 501 g/mol. The molecule has 0 bridgehead atoms. The summed E-state index contributed by atoms with van der Waals surface area (Å²) in [5.41, 5.74) is -1.34. The number of alkyl halides is 3. The average Bonchev–Trinajstić information content (AvgIpc) is 3.11. The molecule has 1 saturated heterocycles. The van der Waals surface area contributed by atoms with Crippen LogP contribution in [0.4, 0.5) is 23.7 Å². The van der Waals surface area contributed by atoms with Gasteiger partial charge < -0.3 is 9.64 Å². The number of carbonyl (C=O) groups is 3. The van der Waals surface area contributed by atoms with E-state index in [9.17, 15) is 27.6 Å². The Hall–Kier alpha value is -3.39. The van der Waals surface area contributed by atoms with Gasteiger partial charge in [-0.05, 0) is 50.9 Å². The molecule has 2 aliphatic rings. The third-order valence-electron chi connectivity index (χ3n) is 7.08. The molecule has 38 heavy (non-hydrogen) atoms. The van der Waals surface area contributed by atoms with E-state index >= 15 is 0 Å². The van der Waals surface area contributed by atoms with E-state index in [0.717, 1.165) is 62.7 Å². The lowest BCUT2D eigenvalue weighted by molar-refractivity contribution is -0.138. The highest BCUT2D eigenvalue weighted by Gasteiger charge is 2.39. The summed E-state index contributed by atoms with van der Waals surface area (Å²) in [7, 11) is 1.39. The van der Waals surface area contributed by atoms with E-state index in [1.165, 1.54) is 26.2 Å². The topological polar surface area (TPSA) is 93.9 Å². The molecule has 0 radical (unpaired) electrons. The van der Waals surface area contributed by atoms with Crippen molar-refractivity contribution in [3.63, 3.8) is 0 Å². The lowest BCUT2D eigenvalue weighted by atomic mass is 10.0. The van der Waals surface area contributed by atoms with Crippen LogP contribution in [0.2, 0.25) is 0 Å². The SMILES string of the molecule is COC(=O)N1CCN(CCCCCCCCC2=C(C)C(=O)N(c3ccc(C#N)c(C(F)(F)F)c3)C2=O)CC1. The van der Waals surface area contributed by atoms with Gasteiger partial charge >= 0.3 is 12.3 Å². The van der Waals surface area contributed by atoms with Crippen LogP contribution in [0, 0.1) is 11.3 Å². The van der Waals surface area contributed by atoms with Crippen LogP contribution in [0.25, 0.3) is 0 Å². The molecule has 0 atom stereocenters. The summed E-state index contributed by atoms with van der Waals surface area (Å²) in [6, 6.07) is 4.36. The third-order valence-corrected chi connectivity index (χ3v) is 7.08. The molecule has 206 valence electrons. The predicted molar refractivity (Wildman–Crippen MR) is 134 cm³/mol. The van der Waals surface area contributed by atoms with Crippen LogP contribution in [0.15, 0.2) is 29.3 Å². The fraction of sp³-hybridized carbons (Fsp3) is 0.556. The van der Waals surface area contributed by atoms with Crippen molar-refractivity contribution in [3.8, 4) is 6.07 Å². The van der Waals surface area contributed by atoms with Crippen molar-refractivity contribution in [2.75, 3.05) is 44.7 Å². The monoisotopic (exact) mass is 534 g/mol. The highest BCUT2D eigenvalue weighted by Crippen LogP contribution is 2.37. The van der Waals surface area contributed by atoms with Crippen LogP contribution < -0.4 is 4.90 Å². The van der Waals surface area contributed by atoms with Gasteiger partial charge in [0.25, 0.3) is 11.8 Å². The Morgan fingerprint density at radius 1 is 1.00 bits per heavy atom. The maximum atomic E-state index is 13.3. The number of anilines is 1. The Bertz CT molecular complexity index is 1120. The number of piperazine rings is 1. The van der Waals surface area contributed by atoms with Gasteiger partial charge in [-0.3, -0.25) is 14.5 Å². The number of hydrogen-bond acceptors (Lipinski definition) is 6. The molecule has 0 N–H and O–H groups in total. The number of amides is 3. The number of hydrogen-bond donors (Lipinski definition) is 0. The Balaban J connectivity index is 1.40. The lowest BCUT2D eigenvalue weighted by Crippen LogP contribution is -2.48. The summed E-state index contributed by atoms with van der Waals surface area (Å²) in [5.74, 6) is -1.23. The molecule has 3 rings (SSSR count). The standard InChI is InChI=1S/C27H33F3N4O4/c1-19-22(9-7-5-3-4-6-8-12-32-13-15-33(16-14-32)26(37)38-2)25(36)34(24(19)35)21-11-10-20(18-31)23(17-21)27(28,29)30/h10-11,17H,3-9,12-16H2,1-2H3. The van der Waals surface area contributed by atoms with E-state index in [4.69, 9.17) is 10.00 Å². The number of ether oxygens (including phenoxy) is 1. The minimum atomic E-state index is -4.78. The zero-order valence-corrected chi connectivity index (χ0v) is 21.8. The van der Waals surface area contributed by atoms with Crippen LogP contribution in [-0.2, 0) is 20.5 Å². The minimum Gasteiger partial charge on any atom is -0.453 e. The summed E-state index contributed by atoms with van der Waals surface area (Å²) in [6.45, 7) is 5.54. The van der Waals surface area contributed by atoms with E-state index in [2.05, 4.69) is 4.90 Å². The maximum absolute atomic E-state index is 13.3.